The summed E-state index contributed by atoms with van der Waals surface area (Å²) in [6.07, 6.45) is 0. The largest absolute Gasteiger partial charge is 0.271 e. The molecule has 1 aromatic rings. The molecule has 0 aromatic heterocycles. The van der Waals surface area contributed by atoms with Gasteiger partial charge in [-0.05, 0) is 53.3 Å². The van der Waals surface area contributed by atoms with Crippen molar-refractivity contribution in [2.75, 3.05) is 0 Å². The molecule has 3 N–H and O–H groups in total. The van der Waals surface area contributed by atoms with Crippen molar-refractivity contribution in [2.45, 2.75) is 13.0 Å². The van der Waals surface area contributed by atoms with Crippen LogP contribution in [-0.4, -0.2) is 0 Å². The van der Waals surface area contributed by atoms with Crippen LogP contribution in [-0.2, 0) is 0 Å². The number of rotatable bonds is 2. The van der Waals surface area contributed by atoms with E-state index in [4.69, 9.17) is 17.4 Å². The first-order chi connectivity index (χ1) is 5.65. The van der Waals surface area contributed by atoms with Gasteiger partial charge in [0.2, 0.25) is 0 Å². The van der Waals surface area contributed by atoms with Gasteiger partial charge in [0.15, 0.2) is 0 Å². The van der Waals surface area contributed by atoms with Gasteiger partial charge >= 0.3 is 0 Å². The summed E-state index contributed by atoms with van der Waals surface area (Å²) in [5, 5.41) is 0.743. The molecule has 0 aliphatic rings. The molecule has 0 heterocycles. The Labute approximate surface area is 90.6 Å². The zero-order chi connectivity index (χ0) is 9.14. The van der Waals surface area contributed by atoms with Gasteiger partial charge in [-0.15, -0.1) is 0 Å². The number of benzene rings is 1. The van der Waals surface area contributed by atoms with Crippen LogP contribution in [0.3, 0.4) is 0 Å². The van der Waals surface area contributed by atoms with Crippen molar-refractivity contribution in [3.63, 3.8) is 0 Å². The molecule has 4 heteroatoms. The van der Waals surface area contributed by atoms with Gasteiger partial charge < -0.3 is 0 Å². The van der Waals surface area contributed by atoms with Crippen molar-refractivity contribution in [1.29, 1.82) is 0 Å². The molecular formula is C8H10ClIN2. The van der Waals surface area contributed by atoms with Gasteiger partial charge in [-0.2, -0.15) is 0 Å². The Hall–Kier alpha value is 0.160. The molecule has 0 radical (unpaired) electrons. The third kappa shape index (κ3) is 2.32. The van der Waals surface area contributed by atoms with Gasteiger partial charge in [-0.25, -0.2) is 0 Å². The van der Waals surface area contributed by atoms with Crippen molar-refractivity contribution < 1.29 is 0 Å². The van der Waals surface area contributed by atoms with Crippen molar-refractivity contribution in [3.8, 4) is 0 Å². The second-order valence-corrected chi connectivity index (χ2v) is 4.15. The lowest BCUT2D eigenvalue weighted by molar-refractivity contribution is 0.600. The predicted octanol–water partition coefficient (Wildman–Crippen LogP) is 2.47. The van der Waals surface area contributed by atoms with Crippen molar-refractivity contribution in [3.05, 3.63) is 32.4 Å². The summed E-state index contributed by atoms with van der Waals surface area (Å²) in [4.78, 5) is 0. The first-order valence-electron chi connectivity index (χ1n) is 3.56. The highest BCUT2D eigenvalue weighted by Gasteiger charge is 2.07. The number of hydrazine groups is 1. The van der Waals surface area contributed by atoms with Crippen LogP contribution in [0.4, 0.5) is 0 Å². The third-order valence-electron chi connectivity index (χ3n) is 1.67. The fourth-order valence-electron chi connectivity index (χ4n) is 0.936. The molecule has 0 saturated carbocycles. The summed E-state index contributed by atoms with van der Waals surface area (Å²) in [7, 11) is 0. The van der Waals surface area contributed by atoms with Crippen molar-refractivity contribution >= 4 is 34.2 Å². The molecule has 12 heavy (non-hydrogen) atoms. The summed E-state index contributed by atoms with van der Waals surface area (Å²) in [6.45, 7) is 1.99. The molecule has 1 aromatic carbocycles. The lowest BCUT2D eigenvalue weighted by Gasteiger charge is -2.12. The Kier molecular flexibility index (Phi) is 3.77. The average Bonchev–Trinajstić information content (AvgIpc) is 2.08. The van der Waals surface area contributed by atoms with E-state index in [0.29, 0.717) is 0 Å². The topological polar surface area (TPSA) is 38.0 Å². The van der Waals surface area contributed by atoms with Crippen LogP contribution in [0, 0.1) is 3.57 Å². The zero-order valence-corrected chi connectivity index (χ0v) is 9.56. The van der Waals surface area contributed by atoms with Crippen molar-refractivity contribution in [2.24, 2.45) is 5.84 Å². The van der Waals surface area contributed by atoms with E-state index in [1.54, 1.807) is 0 Å². The highest BCUT2D eigenvalue weighted by molar-refractivity contribution is 14.1. The Morgan fingerprint density at radius 2 is 2.25 bits per heavy atom. The Balaban J connectivity index is 3.04. The van der Waals surface area contributed by atoms with Crippen LogP contribution >= 0.6 is 34.2 Å². The quantitative estimate of drug-likeness (QED) is 0.500. The highest BCUT2D eigenvalue weighted by atomic mass is 127. The van der Waals surface area contributed by atoms with Crippen LogP contribution in [0.1, 0.15) is 18.5 Å². The number of nitrogens with one attached hydrogen (secondary N) is 1. The molecule has 0 aliphatic carbocycles. The SMILES string of the molecule is CC(NN)c1cc(Cl)ccc1I. The van der Waals surface area contributed by atoms with Gasteiger partial charge in [0.05, 0.1) is 0 Å². The van der Waals surface area contributed by atoms with Crippen molar-refractivity contribution in [1.82, 2.24) is 5.43 Å². The van der Waals surface area contributed by atoms with E-state index in [2.05, 4.69) is 28.0 Å². The normalized spacial score (nSPS) is 13.0. The number of nitrogens with two attached hydrogens (primary N) is 1. The molecule has 0 fully saturated rings. The fourth-order valence-corrected chi connectivity index (χ4v) is 1.92. The second-order valence-electron chi connectivity index (χ2n) is 2.55. The maximum absolute atomic E-state index is 5.85. The van der Waals surface area contributed by atoms with E-state index in [1.165, 1.54) is 3.57 Å². The molecule has 0 aliphatic heterocycles. The Bertz CT molecular complexity index is 278. The summed E-state index contributed by atoms with van der Waals surface area (Å²) in [6, 6.07) is 5.91. The van der Waals surface area contributed by atoms with Gasteiger partial charge in [0.1, 0.15) is 0 Å². The number of halogens is 2. The summed E-state index contributed by atoms with van der Waals surface area (Å²) in [5.41, 5.74) is 3.82. The molecule has 1 unspecified atom stereocenters. The highest BCUT2D eigenvalue weighted by Crippen LogP contribution is 2.22. The minimum atomic E-state index is 0.135. The van der Waals surface area contributed by atoms with E-state index in [1.807, 2.05) is 25.1 Å². The maximum Gasteiger partial charge on any atom is 0.0442 e. The molecule has 66 valence electrons. The molecule has 1 rings (SSSR count). The second kappa shape index (κ2) is 4.41. The van der Waals surface area contributed by atoms with E-state index < -0.39 is 0 Å². The summed E-state index contributed by atoms with van der Waals surface area (Å²) >= 11 is 8.11. The average molecular weight is 297 g/mol. The van der Waals surface area contributed by atoms with E-state index in [0.717, 1.165) is 10.6 Å². The molecule has 0 saturated heterocycles. The smallest absolute Gasteiger partial charge is 0.0442 e. The first-order valence-corrected chi connectivity index (χ1v) is 5.02. The lowest BCUT2D eigenvalue weighted by atomic mass is 10.1. The van der Waals surface area contributed by atoms with Crippen LogP contribution in [0.15, 0.2) is 18.2 Å². The number of hydrogen-bond acceptors (Lipinski definition) is 2. The monoisotopic (exact) mass is 296 g/mol. The minimum absolute atomic E-state index is 0.135. The molecular weight excluding hydrogens is 286 g/mol. The maximum atomic E-state index is 5.85. The van der Waals surface area contributed by atoms with Gasteiger partial charge in [0, 0.05) is 14.6 Å². The summed E-state index contributed by atoms with van der Waals surface area (Å²) < 4.78 is 1.17. The van der Waals surface area contributed by atoms with E-state index in [9.17, 15) is 0 Å². The molecule has 2 nitrogen and oxygen atoms in total. The lowest BCUT2D eigenvalue weighted by Crippen LogP contribution is -2.26. The van der Waals surface area contributed by atoms with Gasteiger partial charge in [0.25, 0.3) is 0 Å². The van der Waals surface area contributed by atoms with Crippen LogP contribution in [0.5, 0.6) is 0 Å². The first kappa shape index (κ1) is 10.2. The molecule has 0 spiro atoms. The Morgan fingerprint density at radius 1 is 1.58 bits per heavy atom. The fraction of sp³-hybridized carbons (Fsp3) is 0.250. The van der Waals surface area contributed by atoms with Crippen LogP contribution in [0.2, 0.25) is 5.02 Å². The van der Waals surface area contributed by atoms with Crippen LogP contribution < -0.4 is 11.3 Å². The van der Waals surface area contributed by atoms with Gasteiger partial charge in [-0.1, -0.05) is 11.6 Å². The van der Waals surface area contributed by atoms with Crippen LogP contribution in [0.25, 0.3) is 0 Å². The minimum Gasteiger partial charge on any atom is -0.271 e. The van der Waals surface area contributed by atoms with E-state index >= 15 is 0 Å². The summed E-state index contributed by atoms with van der Waals surface area (Å²) in [5.74, 6) is 5.33. The standard InChI is InChI=1S/C8H10ClIN2/c1-5(12-11)7-4-6(9)2-3-8(7)10/h2-5,12H,11H2,1H3. The molecule has 0 amide bonds. The molecule has 1 atom stereocenters. The zero-order valence-electron chi connectivity index (χ0n) is 6.64. The predicted molar refractivity (Wildman–Crippen MR) is 59.9 cm³/mol. The van der Waals surface area contributed by atoms with E-state index in [-0.39, 0.29) is 6.04 Å². The third-order valence-corrected chi connectivity index (χ3v) is 2.89. The van der Waals surface area contributed by atoms with Gasteiger partial charge in [-0.3, -0.25) is 11.3 Å². The molecule has 0 bridgehead atoms. The number of hydrogen-bond donors (Lipinski definition) is 2. The Morgan fingerprint density at radius 3 is 2.83 bits per heavy atom.